The van der Waals surface area contributed by atoms with Crippen molar-refractivity contribution in [2.24, 2.45) is 0 Å². The lowest BCUT2D eigenvalue weighted by Gasteiger charge is -2.28. The molecule has 0 spiro atoms. The molecule has 1 aliphatic rings. The Morgan fingerprint density at radius 3 is 2.94 bits per heavy atom. The summed E-state index contributed by atoms with van der Waals surface area (Å²) in [5, 5.41) is 17.2. The van der Waals surface area contributed by atoms with Gasteiger partial charge < -0.3 is 19.6 Å². The van der Waals surface area contributed by atoms with Crippen molar-refractivity contribution in [1.29, 1.82) is 0 Å². The highest BCUT2D eigenvalue weighted by molar-refractivity contribution is 6.00. The van der Waals surface area contributed by atoms with E-state index in [9.17, 15) is 9.90 Å². The molecule has 4 aromatic rings. The van der Waals surface area contributed by atoms with Crippen LogP contribution in [0, 0.1) is 0 Å². The van der Waals surface area contributed by atoms with Crippen LogP contribution in [0.1, 0.15) is 27.9 Å². The predicted molar refractivity (Wildman–Crippen MR) is 112 cm³/mol. The van der Waals surface area contributed by atoms with E-state index in [1.54, 1.807) is 17.1 Å². The second kappa shape index (κ2) is 8.29. The van der Waals surface area contributed by atoms with Gasteiger partial charge in [-0.15, -0.1) is 0 Å². The molecule has 31 heavy (non-hydrogen) atoms. The minimum Gasteiger partial charge on any atom is -0.389 e. The van der Waals surface area contributed by atoms with Crippen molar-refractivity contribution in [2.75, 3.05) is 13.2 Å². The molecule has 2 atom stereocenters. The predicted octanol–water partition coefficient (Wildman–Crippen LogP) is 1.39. The second-order valence-electron chi connectivity index (χ2n) is 7.58. The molecule has 0 saturated carbocycles. The van der Waals surface area contributed by atoms with Crippen LogP contribution < -0.4 is 5.32 Å². The lowest BCUT2D eigenvalue weighted by atomic mass is 10.0. The van der Waals surface area contributed by atoms with Gasteiger partial charge in [-0.05, 0) is 35.7 Å². The van der Waals surface area contributed by atoms with Crippen LogP contribution in [0.25, 0.3) is 11.5 Å². The zero-order chi connectivity index (χ0) is 21.2. The Kier molecular flexibility index (Phi) is 5.19. The summed E-state index contributed by atoms with van der Waals surface area (Å²) < 4.78 is 8.79. The van der Waals surface area contributed by atoms with Gasteiger partial charge in [-0.25, -0.2) is 14.6 Å². The van der Waals surface area contributed by atoms with Gasteiger partial charge in [-0.3, -0.25) is 4.79 Å². The first-order valence-electron chi connectivity index (χ1n) is 10.1. The summed E-state index contributed by atoms with van der Waals surface area (Å²) in [5.74, 6) is 0.491. The molecule has 9 nitrogen and oxygen atoms in total. The zero-order valence-corrected chi connectivity index (χ0v) is 16.8. The summed E-state index contributed by atoms with van der Waals surface area (Å²) in [6.45, 7) is 0.744. The van der Waals surface area contributed by atoms with Crippen LogP contribution in [-0.4, -0.2) is 60.5 Å². The second-order valence-corrected chi connectivity index (χ2v) is 7.58. The van der Waals surface area contributed by atoms with E-state index in [0.29, 0.717) is 30.7 Å². The summed E-state index contributed by atoms with van der Waals surface area (Å²) in [6, 6.07) is 7.28. The third-order valence-corrected chi connectivity index (χ3v) is 5.39. The smallest absolute Gasteiger partial charge is 0.255 e. The van der Waals surface area contributed by atoms with Crippen molar-refractivity contribution < 1.29 is 14.6 Å². The fourth-order valence-corrected chi connectivity index (χ4v) is 3.79. The third kappa shape index (κ3) is 4.05. The number of fused-ring (bicyclic) bond motifs is 1. The first-order chi connectivity index (χ1) is 15.2. The van der Waals surface area contributed by atoms with Crippen LogP contribution in [0.4, 0.5) is 0 Å². The molecule has 5 rings (SSSR count). The Morgan fingerprint density at radius 2 is 2.16 bits per heavy atom. The van der Waals surface area contributed by atoms with Crippen LogP contribution in [0.5, 0.6) is 0 Å². The highest BCUT2D eigenvalue weighted by Crippen LogP contribution is 2.17. The van der Waals surface area contributed by atoms with Crippen LogP contribution >= 0.6 is 0 Å². The molecule has 1 fully saturated rings. The molecular formula is C22H22N6O3. The molecule has 0 radical (unpaired) electrons. The lowest BCUT2D eigenvalue weighted by Crippen LogP contribution is -2.48. The SMILES string of the molecule is O=C(N[C@H]1CCOC[C@@H]1O)c1cc(Cc2ccc(-n3cccn3)nc2)cn2ccnc12. The van der Waals surface area contributed by atoms with Gasteiger partial charge in [0.1, 0.15) is 5.65 Å². The van der Waals surface area contributed by atoms with E-state index in [0.717, 1.165) is 16.9 Å². The van der Waals surface area contributed by atoms with Gasteiger partial charge in [-0.2, -0.15) is 5.10 Å². The first kappa shape index (κ1) is 19.4. The molecule has 2 N–H and O–H groups in total. The average molecular weight is 418 g/mol. The van der Waals surface area contributed by atoms with Crippen molar-refractivity contribution in [2.45, 2.75) is 25.0 Å². The number of nitrogens with zero attached hydrogens (tertiary/aromatic N) is 5. The van der Waals surface area contributed by atoms with E-state index in [4.69, 9.17) is 4.74 Å². The molecular weight excluding hydrogens is 396 g/mol. The molecule has 0 unspecified atom stereocenters. The van der Waals surface area contributed by atoms with Gasteiger partial charge in [0.15, 0.2) is 5.82 Å². The van der Waals surface area contributed by atoms with Crippen molar-refractivity contribution in [3.63, 3.8) is 0 Å². The number of carbonyl (C=O) groups is 1. The number of hydrogen-bond acceptors (Lipinski definition) is 6. The molecule has 158 valence electrons. The van der Waals surface area contributed by atoms with E-state index in [-0.39, 0.29) is 18.6 Å². The Labute approximate surface area is 178 Å². The number of rotatable bonds is 5. The van der Waals surface area contributed by atoms with Crippen LogP contribution in [0.3, 0.4) is 0 Å². The number of hydrogen-bond donors (Lipinski definition) is 2. The van der Waals surface area contributed by atoms with E-state index in [1.165, 1.54) is 0 Å². The lowest BCUT2D eigenvalue weighted by molar-refractivity contribution is -0.0260. The monoisotopic (exact) mass is 418 g/mol. The molecule has 5 heterocycles. The number of aliphatic hydroxyl groups is 1. The maximum atomic E-state index is 13.0. The van der Waals surface area contributed by atoms with E-state index in [1.807, 2.05) is 53.5 Å². The summed E-state index contributed by atoms with van der Waals surface area (Å²) in [6.07, 6.45) is 11.3. The van der Waals surface area contributed by atoms with Crippen molar-refractivity contribution in [3.8, 4) is 5.82 Å². The Morgan fingerprint density at radius 1 is 1.23 bits per heavy atom. The summed E-state index contributed by atoms with van der Waals surface area (Å²) in [5.41, 5.74) is 3.02. The number of pyridine rings is 2. The Balaban J connectivity index is 1.39. The normalized spacial score (nSPS) is 18.9. The molecule has 4 aromatic heterocycles. The van der Waals surface area contributed by atoms with Gasteiger partial charge in [0, 0.05) is 50.2 Å². The Hall–Kier alpha value is -3.56. The zero-order valence-electron chi connectivity index (χ0n) is 16.8. The molecule has 0 bridgehead atoms. The number of amides is 1. The fraction of sp³-hybridized carbons (Fsp3) is 0.273. The molecule has 1 amide bonds. The fourth-order valence-electron chi connectivity index (χ4n) is 3.79. The minimum atomic E-state index is -0.712. The number of aliphatic hydroxyl groups excluding tert-OH is 1. The summed E-state index contributed by atoms with van der Waals surface area (Å²) >= 11 is 0. The number of ether oxygens (including phenoxy) is 1. The summed E-state index contributed by atoms with van der Waals surface area (Å²) in [7, 11) is 0. The van der Waals surface area contributed by atoms with Crippen LogP contribution in [0.15, 0.2) is 61.4 Å². The number of carbonyl (C=O) groups excluding carboxylic acids is 1. The third-order valence-electron chi connectivity index (χ3n) is 5.39. The van der Waals surface area contributed by atoms with Gasteiger partial charge >= 0.3 is 0 Å². The maximum Gasteiger partial charge on any atom is 0.255 e. The van der Waals surface area contributed by atoms with Gasteiger partial charge in [-0.1, -0.05) is 6.07 Å². The molecule has 9 heteroatoms. The van der Waals surface area contributed by atoms with Crippen molar-refractivity contribution in [3.05, 3.63) is 78.1 Å². The first-order valence-corrected chi connectivity index (χ1v) is 10.1. The van der Waals surface area contributed by atoms with E-state index >= 15 is 0 Å². The van der Waals surface area contributed by atoms with E-state index in [2.05, 4.69) is 20.4 Å². The molecule has 1 saturated heterocycles. The van der Waals surface area contributed by atoms with Crippen LogP contribution in [0.2, 0.25) is 0 Å². The van der Waals surface area contributed by atoms with E-state index < -0.39 is 6.10 Å². The summed E-state index contributed by atoms with van der Waals surface area (Å²) in [4.78, 5) is 21.8. The Bertz CT molecular complexity index is 1190. The quantitative estimate of drug-likeness (QED) is 0.507. The number of nitrogens with one attached hydrogen (secondary N) is 1. The topological polar surface area (TPSA) is 107 Å². The molecule has 0 aliphatic carbocycles. The highest BCUT2D eigenvalue weighted by Gasteiger charge is 2.26. The van der Waals surface area contributed by atoms with Crippen molar-refractivity contribution in [1.82, 2.24) is 29.5 Å². The standard InChI is InChI=1S/C22H22N6O3/c29-19-14-31-9-4-18(19)26-22(30)17-11-16(13-27-8-6-23-21(17)27)10-15-2-3-20(24-12-15)28-7-1-5-25-28/h1-3,5-8,11-13,18-19,29H,4,9-10,14H2,(H,26,30)/t18-,19-/m0/s1. The maximum absolute atomic E-state index is 13.0. The molecule has 1 aliphatic heterocycles. The number of imidazole rings is 1. The highest BCUT2D eigenvalue weighted by atomic mass is 16.5. The van der Waals surface area contributed by atoms with Gasteiger partial charge in [0.2, 0.25) is 0 Å². The van der Waals surface area contributed by atoms with Crippen molar-refractivity contribution >= 4 is 11.6 Å². The van der Waals surface area contributed by atoms with Crippen LogP contribution in [-0.2, 0) is 11.2 Å². The van der Waals surface area contributed by atoms with Gasteiger partial charge in [0.25, 0.3) is 5.91 Å². The minimum absolute atomic E-state index is 0.227. The average Bonchev–Trinajstić information content (AvgIpc) is 3.47. The molecule has 0 aromatic carbocycles. The number of aromatic nitrogens is 5. The van der Waals surface area contributed by atoms with Gasteiger partial charge in [0.05, 0.1) is 24.3 Å². The largest absolute Gasteiger partial charge is 0.389 e.